The van der Waals surface area contributed by atoms with E-state index in [1.165, 1.54) is 11.1 Å². The zero-order valence-corrected chi connectivity index (χ0v) is 10.7. The number of morpholine rings is 1. The first kappa shape index (κ1) is 11.8. The summed E-state index contributed by atoms with van der Waals surface area (Å²) < 4.78 is 17.1. The summed E-state index contributed by atoms with van der Waals surface area (Å²) in [6.45, 7) is 5.99. The molecule has 0 spiro atoms. The molecule has 1 saturated heterocycles. The number of rotatable bonds is 2. The first-order valence-electron chi connectivity index (χ1n) is 6.63. The molecule has 0 bridgehead atoms. The van der Waals surface area contributed by atoms with Crippen molar-refractivity contribution in [2.45, 2.75) is 19.4 Å². The smallest absolute Gasteiger partial charge is 0.161 e. The van der Waals surface area contributed by atoms with Crippen LogP contribution in [0, 0.1) is 0 Å². The van der Waals surface area contributed by atoms with Crippen LogP contribution >= 0.6 is 0 Å². The fourth-order valence-electron chi connectivity index (χ4n) is 2.52. The Bertz CT molecular complexity index is 427. The van der Waals surface area contributed by atoms with E-state index in [0.717, 1.165) is 37.6 Å². The Hall–Kier alpha value is -1.26. The number of hydrogen-bond donors (Lipinski definition) is 1. The molecular formula is C14H19NO3. The van der Waals surface area contributed by atoms with E-state index in [-0.39, 0.29) is 6.10 Å². The molecule has 0 aliphatic carbocycles. The van der Waals surface area contributed by atoms with Crippen LogP contribution in [0.2, 0.25) is 0 Å². The second kappa shape index (κ2) is 5.16. The molecular weight excluding hydrogens is 230 g/mol. The van der Waals surface area contributed by atoms with E-state index in [1.54, 1.807) is 0 Å². The molecule has 3 rings (SSSR count). The molecule has 18 heavy (non-hydrogen) atoms. The largest absolute Gasteiger partial charge is 0.486 e. The van der Waals surface area contributed by atoms with E-state index >= 15 is 0 Å². The minimum atomic E-state index is 0.129. The Kier molecular flexibility index (Phi) is 3.39. The minimum Gasteiger partial charge on any atom is -0.486 e. The highest BCUT2D eigenvalue weighted by Crippen LogP contribution is 2.36. The van der Waals surface area contributed by atoms with Gasteiger partial charge in [-0.2, -0.15) is 0 Å². The Balaban J connectivity index is 1.95. The summed E-state index contributed by atoms with van der Waals surface area (Å²) in [7, 11) is 0. The van der Waals surface area contributed by atoms with Gasteiger partial charge >= 0.3 is 0 Å². The molecule has 1 fully saturated rings. The van der Waals surface area contributed by atoms with Crippen LogP contribution in [-0.2, 0) is 11.2 Å². The van der Waals surface area contributed by atoms with Crippen molar-refractivity contribution >= 4 is 0 Å². The number of benzene rings is 1. The predicted octanol–water partition coefficient (Wildman–Crippen LogP) is 1.68. The maximum absolute atomic E-state index is 5.84. The maximum Gasteiger partial charge on any atom is 0.161 e. The third-order valence-electron chi connectivity index (χ3n) is 3.46. The van der Waals surface area contributed by atoms with Crippen molar-refractivity contribution in [1.29, 1.82) is 0 Å². The number of hydrogen-bond acceptors (Lipinski definition) is 4. The molecule has 98 valence electrons. The predicted molar refractivity (Wildman–Crippen MR) is 68.4 cm³/mol. The minimum absolute atomic E-state index is 0.129. The normalized spacial score (nSPS) is 22.8. The summed E-state index contributed by atoms with van der Waals surface area (Å²) in [4.78, 5) is 0. The van der Waals surface area contributed by atoms with Crippen LogP contribution < -0.4 is 14.8 Å². The van der Waals surface area contributed by atoms with Crippen LogP contribution in [0.4, 0.5) is 0 Å². The number of aryl methyl sites for hydroxylation is 1. The van der Waals surface area contributed by atoms with E-state index in [9.17, 15) is 0 Å². The molecule has 1 aromatic rings. The molecule has 1 N–H and O–H groups in total. The van der Waals surface area contributed by atoms with Crippen molar-refractivity contribution in [1.82, 2.24) is 5.32 Å². The summed E-state index contributed by atoms with van der Waals surface area (Å²) in [6, 6.07) is 4.19. The average molecular weight is 249 g/mol. The van der Waals surface area contributed by atoms with Crippen LogP contribution in [0.15, 0.2) is 12.1 Å². The highest BCUT2D eigenvalue weighted by Gasteiger charge is 2.22. The van der Waals surface area contributed by atoms with E-state index in [0.29, 0.717) is 13.2 Å². The van der Waals surface area contributed by atoms with Crippen molar-refractivity contribution in [3.8, 4) is 11.5 Å². The van der Waals surface area contributed by atoms with Gasteiger partial charge in [-0.25, -0.2) is 0 Å². The standard InChI is InChI=1S/C14H19NO3/c1-2-10-7-12-13(18-6-5-17-12)8-11(10)14-9-15-3-4-16-14/h7-8,14-15H,2-6,9H2,1H3. The van der Waals surface area contributed by atoms with Crippen LogP contribution in [0.3, 0.4) is 0 Å². The van der Waals surface area contributed by atoms with Gasteiger partial charge < -0.3 is 19.5 Å². The number of ether oxygens (including phenoxy) is 3. The van der Waals surface area contributed by atoms with E-state index in [1.807, 2.05) is 0 Å². The van der Waals surface area contributed by atoms with Gasteiger partial charge in [-0.3, -0.25) is 0 Å². The molecule has 0 aromatic heterocycles. The zero-order chi connectivity index (χ0) is 12.4. The second-order valence-electron chi connectivity index (χ2n) is 4.61. The van der Waals surface area contributed by atoms with Gasteiger partial charge in [0.1, 0.15) is 13.2 Å². The lowest BCUT2D eigenvalue weighted by molar-refractivity contribution is 0.0268. The van der Waals surface area contributed by atoms with Gasteiger partial charge in [0, 0.05) is 13.1 Å². The molecule has 0 radical (unpaired) electrons. The van der Waals surface area contributed by atoms with Gasteiger partial charge in [-0.15, -0.1) is 0 Å². The quantitative estimate of drug-likeness (QED) is 0.865. The molecule has 2 heterocycles. The molecule has 2 aliphatic rings. The van der Waals surface area contributed by atoms with Gasteiger partial charge in [0.15, 0.2) is 11.5 Å². The highest BCUT2D eigenvalue weighted by atomic mass is 16.6. The summed E-state index contributed by atoms with van der Waals surface area (Å²) in [5.74, 6) is 1.72. The lowest BCUT2D eigenvalue weighted by atomic mass is 9.98. The molecule has 4 nitrogen and oxygen atoms in total. The van der Waals surface area contributed by atoms with Crippen molar-refractivity contribution in [2.24, 2.45) is 0 Å². The number of nitrogens with one attached hydrogen (secondary N) is 1. The van der Waals surface area contributed by atoms with E-state index < -0.39 is 0 Å². The Morgan fingerprint density at radius 3 is 2.61 bits per heavy atom. The lowest BCUT2D eigenvalue weighted by Crippen LogP contribution is -2.33. The first-order valence-corrected chi connectivity index (χ1v) is 6.63. The molecule has 1 unspecified atom stereocenters. The fourth-order valence-corrected chi connectivity index (χ4v) is 2.52. The third kappa shape index (κ3) is 2.18. The van der Waals surface area contributed by atoms with Crippen LogP contribution in [0.1, 0.15) is 24.2 Å². The van der Waals surface area contributed by atoms with Crippen LogP contribution in [0.5, 0.6) is 11.5 Å². The molecule has 2 aliphatic heterocycles. The SMILES string of the molecule is CCc1cc2c(cc1C1CNCCO1)OCCO2. The number of fused-ring (bicyclic) bond motifs is 1. The first-order chi connectivity index (χ1) is 8.88. The zero-order valence-electron chi connectivity index (χ0n) is 10.7. The van der Waals surface area contributed by atoms with Gasteiger partial charge in [-0.1, -0.05) is 6.92 Å². The van der Waals surface area contributed by atoms with Gasteiger partial charge in [0.05, 0.1) is 12.7 Å². The monoisotopic (exact) mass is 249 g/mol. The Labute approximate surface area is 107 Å². The van der Waals surface area contributed by atoms with Crippen molar-refractivity contribution in [2.75, 3.05) is 32.9 Å². The molecule has 4 heteroatoms. The molecule has 1 aromatic carbocycles. The van der Waals surface area contributed by atoms with Crippen LogP contribution in [-0.4, -0.2) is 32.9 Å². The Morgan fingerprint density at radius 1 is 1.17 bits per heavy atom. The van der Waals surface area contributed by atoms with Crippen molar-refractivity contribution in [3.05, 3.63) is 23.3 Å². The topological polar surface area (TPSA) is 39.7 Å². The summed E-state index contributed by atoms with van der Waals surface area (Å²) in [5, 5.41) is 3.37. The van der Waals surface area contributed by atoms with Crippen molar-refractivity contribution < 1.29 is 14.2 Å². The van der Waals surface area contributed by atoms with Gasteiger partial charge in [0.25, 0.3) is 0 Å². The Morgan fingerprint density at radius 2 is 1.94 bits per heavy atom. The van der Waals surface area contributed by atoms with Crippen molar-refractivity contribution in [3.63, 3.8) is 0 Å². The fraction of sp³-hybridized carbons (Fsp3) is 0.571. The van der Waals surface area contributed by atoms with Gasteiger partial charge in [0.2, 0.25) is 0 Å². The molecule has 0 amide bonds. The maximum atomic E-state index is 5.84. The molecule has 1 atom stereocenters. The highest BCUT2D eigenvalue weighted by molar-refractivity contribution is 5.49. The van der Waals surface area contributed by atoms with E-state index in [2.05, 4.69) is 24.4 Å². The molecule has 0 saturated carbocycles. The summed E-state index contributed by atoms with van der Waals surface area (Å²) in [6.07, 6.45) is 1.11. The summed E-state index contributed by atoms with van der Waals surface area (Å²) >= 11 is 0. The lowest BCUT2D eigenvalue weighted by Gasteiger charge is -2.28. The third-order valence-corrected chi connectivity index (χ3v) is 3.46. The van der Waals surface area contributed by atoms with Gasteiger partial charge in [-0.05, 0) is 29.7 Å². The second-order valence-corrected chi connectivity index (χ2v) is 4.61. The average Bonchev–Trinajstić information content (AvgIpc) is 2.46. The van der Waals surface area contributed by atoms with E-state index in [4.69, 9.17) is 14.2 Å². The van der Waals surface area contributed by atoms with Crippen LogP contribution in [0.25, 0.3) is 0 Å². The summed E-state index contributed by atoms with van der Waals surface area (Å²) in [5.41, 5.74) is 2.52.